The minimum absolute atomic E-state index is 0.281. The number of nitrogens with zero attached hydrogens (tertiary/aromatic N) is 1. The first-order chi connectivity index (χ1) is 9.65. The molecule has 2 rings (SSSR count). The summed E-state index contributed by atoms with van der Waals surface area (Å²) < 4.78 is 5.47. The molecule has 1 aliphatic rings. The Balaban J connectivity index is 1.89. The third-order valence-electron chi connectivity index (χ3n) is 4.41. The number of rotatable bonds is 5. The molecule has 4 heteroatoms. The van der Waals surface area contributed by atoms with Crippen LogP contribution < -0.4 is 5.32 Å². The van der Waals surface area contributed by atoms with Crippen LogP contribution in [0, 0.1) is 12.8 Å². The smallest absolute Gasteiger partial charge is 0.222 e. The van der Waals surface area contributed by atoms with E-state index in [2.05, 4.69) is 19.2 Å². The quantitative estimate of drug-likeness (QED) is 0.900. The molecule has 4 nitrogen and oxygen atoms in total. The Morgan fingerprint density at radius 1 is 1.50 bits per heavy atom. The van der Waals surface area contributed by atoms with Crippen LogP contribution >= 0.6 is 0 Å². The molecule has 2 heterocycles. The lowest BCUT2D eigenvalue weighted by atomic mass is 9.89. The van der Waals surface area contributed by atoms with Crippen LogP contribution in [0.3, 0.4) is 0 Å². The molecule has 1 aromatic heterocycles. The molecule has 1 saturated heterocycles. The summed E-state index contributed by atoms with van der Waals surface area (Å²) in [7, 11) is 0. The normalized spacial score (nSPS) is 23.1. The van der Waals surface area contributed by atoms with E-state index in [9.17, 15) is 4.79 Å². The highest BCUT2D eigenvalue weighted by Gasteiger charge is 2.29. The zero-order valence-corrected chi connectivity index (χ0v) is 12.8. The van der Waals surface area contributed by atoms with Crippen LogP contribution in [0.15, 0.2) is 16.7 Å². The molecule has 2 atom stereocenters. The standard InChI is InChI=1S/C16H26N2O2/c1-4-13-11-18(16(19)5-2)8-6-14(13)17-10-15-12(3)7-9-20-15/h7,9,13-14,17H,4-6,8,10-11H2,1-3H3. The fourth-order valence-electron chi connectivity index (χ4n) is 2.97. The topological polar surface area (TPSA) is 45.5 Å². The van der Waals surface area contributed by atoms with Gasteiger partial charge in [0.05, 0.1) is 12.8 Å². The molecule has 1 aliphatic heterocycles. The Hall–Kier alpha value is -1.29. The van der Waals surface area contributed by atoms with Crippen molar-refractivity contribution in [3.8, 4) is 0 Å². The molecule has 1 fully saturated rings. The number of amides is 1. The molecule has 1 N–H and O–H groups in total. The number of hydrogen-bond acceptors (Lipinski definition) is 3. The summed E-state index contributed by atoms with van der Waals surface area (Å²) in [5.74, 6) is 1.84. The number of carbonyl (C=O) groups excluding carboxylic acids is 1. The van der Waals surface area contributed by atoms with Gasteiger partial charge >= 0.3 is 0 Å². The first kappa shape index (κ1) is 15.1. The van der Waals surface area contributed by atoms with E-state index in [1.54, 1.807) is 6.26 Å². The van der Waals surface area contributed by atoms with Gasteiger partial charge in [-0.05, 0) is 30.9 Å². The van der Waals surface area contributed by atoms with Crippen molar-refractivity contribution in [2.75, 3.05) is 13.1 Å². The molecule has 1 amide bonds. The highest BCUT2D eigenvalue weighted by atomic mass is 16.3. The van der Waals surface area contributed by atoms with Gasteiger partial charge in [0, 0.05) is 25.6 Å². The molecule has 0 bridgehead atoms. The molecule has 0 saturated carbocycles. The maximum Gasteiger partial charge on any atom is 0.222 e. The Morgan fingerprint density at radius 2 is 2.30 bits per heavy atom. The highest BCUT2D eigenvalue weighted by Crippen LogP contribution is 2.21. The Morgan fingerprint density at radius 3 is 2.90 bits per heavy atom. The highest BCUT2D eigenvalue weighted by molar-refractivity contribution is 5.75. The maximum absolute atomic E-state index is 11.8. The van der Waals surface area contributed by atoms with E-state index in [0.717, 1.165) is 38.2 Å². The van der Waals surface area contributed by atoms with Crippen molar-refractivity contribution >= 4 is 5.91 Å². The lowest BCUT2D eigenvalue weighted by Gasteiger charge is -2.38. The van der Waals surface area contributed by atoms with E-state index in [1.807, 2.05) is 17.9 Å². The molecule has 2 unspecified atom stereocenters. The zero-order valence-electron chi connectivity index (χ0n) is 12.8. The summed E-state index contributed by atoms with van der Waals surface area (Å²) in [4.78, 5) is 13.8. The Kier molecular flexibility index (Phi) is 5.24. The van der Waals surface area contributed by atoms with Crippen molar-refractivity contribution in [1.82, 2.24) is 10.2 Å². The number of furan rings is 1. The second-order valence-electron chi connectivity index (χ2n) is 5.66. The van der Waals surface area contributed by atoms with Crippen LogP contribution in [0.2, 0.25) is 0 Å². The summed E-state index contributed by atoms with van der Waals surface area (Å²) in [5.41, 5.74) is 1.20. The summed E-state index contributed by atoms with van der Waals surface area (Å²) in [6.45, 7) is 8.75. The van der Waals surface area contributed by atoms with Crippen LogP contribution in [0.25, 0.3) is 0 Å². The number of aryl methyl sites for hydroxylation is 1. The van der Waals surface area contributed by atoms with Gasteiger partial charge < -0.3 is 14.6 Å². The van der Waals surface area contributed by atoms with E-state index in [1.165, 1.54) is 5.56 Å². The maximum atomic E-state index is 11.8. The Labute approximate surface area is 121 Å². The predicted octanol–water partition coefficient (Wildman–Crippen LogP) is 2.71. The van der Waals surface area contributed by atoms with E-state index >= 15 is 0 Å². The van der Waals surface area contributed by atoms with Crippen molar-refractivity contribution in [2.45, 2.75) is 52.6 Å². The molecule has 0 aliphatic carbocycles. The van der Waals surface area contributed by atoms with Crippen LogP contribution in [-0.2, 0) is 11.3 Å². The van der Waals surface area contributed by atoms with Gasteiger partial charge in [-0.15, -0.1) is 0 Å². The third kappa shape index (κ3) is 3.42. The predicted molar refractivity (Wildman–Crippen MR) is 79.3 cm³/mol. The largest absolute Gasteiger partial charge is 0.468 e. The molecular formula is C16H26N2O2. The first-order valence-electron chi connectivity index (χ1n) is 7.69. The minimum Gasteiger partial charge on any atom is -0.468 e. The number of likely N-dealkylation sites (tertiary alicyclic amines) is 1. The molecular weight excluding hydrogens is 252 g/mol. The molecule has 0 radical (unpaired) electrons. The SMILES string of the molecule is CCC(=O)N1CCC(NCc2occc2C)C(CC)C1. The number of piperidine rings is 1. The minimum atomic E-state index is 0.281. The van der Waals surface area contributed by atoms with Crippen LogP contribution in [0.4, 0.5) is 0 Å². The molecule has 20 heavy (non-hydrogen) atoms. The van der Waals surface area contributed by atoms with Crippen molar-refractivity contribution in [3.63, 3.8) is 0 Å². The van der Waals surface area contributed by atoms with Gasteiger partial charge in [-0.2, -0.15) is 0 Å². The van der Waals surface area contributed by atoms with Crippen LogP contribution in [-0.4, -0.2) is 29.9 Å². The molecule has 112 valence electrons. The average Bonchev–Trinajstić information content (AvgIpc) is 2.89. The number of nitrogens with one attached hydrogen (secondary N) is 1. The third-order valence-corrected chi connectivity index (χ3v) is 4.41. The van der Waals surface area contributed by atoms with Gasteiger partial charge in [0.15, 0.2) is 0 Å². The van der Waals surface area contributed by atoms with Gasteiger partial charge in [-0.25, -0.2) is 0 Å². The lowest BCUT2D eigenvalue weighted by molar-refractivity contribution is -0.133. The summed E-state index contributed by atoms with van der Waals surface area (Å²) >= 11 is 0. The molecule has 0 spiro atoms. The molecule has 0 aromatic carbocycles. The van der Waals surface area contributed by atoms with Crippen LogP contribution in [0.5, 0.6) is 0 Å². The second-order valence-corrected chi connectivity index (χ2v) is 5.66. The van der Waals surface area contributed by atoms with Gasteiger partial charge in [0.1, 0.15) is 5.76 Å². The molecule has 1 aromatic rings. The van der Waals surface area contributed by atoms with Gasteiger partial charge in [-0.1, -0.05) is 20.3 Å². The van der Waals surface area contributed by atoms with Gasteiger partial charge in [0.25, 0.3) is 0 Å². The van der Waals surface area contributed by atoms with E-state index < -0.39 is 0 Å². The summed E-state index contributed by atoms with van der Waals surface area (Å²) in [5, 5.41) is 3.61. The van der Waals surface area contributed by atoms with Crippen molar-refractivity contribution < 1.29 is 9.21 Å². The van der Waals surface area contributed by atoms with Crippen molar-refractivity contribution in [1.29, 1.82) is 0 Å². The number of carbonyl (C=O) groups is 1. The zero-order chi connectivity index (χ0) is 14.5. The fourth-order valence-corrected chi connectivity index (χ4v) is 2.97. The summed E-state index contributed by atoms with van der Waals surface area (Å²) in [6, 6.07) is 2.47. The average molecular weight is 278 g/mol. The van der Waals surface area contributed by atoms with E-state index in [0.29, 0.717) is 18.4 Å². The van der Waals surface area contributed by atoms with E-state index in [4.69, 9.17) is 4.42 Å². The lowest BCUT2D eigenvalue weighted by Crippen LogP contribution is -2.50. The van der Waals surface area contributed by atoms with E-state index in [-0.39, 0.29) is 5.91 Å². The van der Waals surface area contributed by atoms with Gasteiger partial charge in [-0.3, -0.25) is 4.79 Å². The Bertz CT molecular complexity index is 441. The van der Waals surface area contributed by atoms with Crippen molar-refractivity contribution in [3.05, 3.63) is 23.7 Å². The first-order valence-corrected chi connectivity index (χ1v) is 7.69. The second kappa shape index (κ2) is 6.93. The monoisotopic (exact) mass is 278 g/mol. The van der Waals surface area contributed by atoms with Crippen molar-refractivity contribution in [2.24, 2.45) is 5.92 Å². The summed E-state index contributed by atoms with van der Waals surface area (Å²) in [6.07, 6.45) is 4.48. The van der Waals surface area contributed by atoms with Crippen LogP contribution in [0.1, 0.15) is 44.4 Å². The van der Waals surface area contributed by atoms with Gasteiger partial charge in [0.2, 0.25) is 5.91 Å². The fraction of sp³-hybridized carbons (Fsp3) is 0.688. The number of hydrogen-bond donors (Lipinski definition) is 1.